The highest BCUT2D eigenvalue weighted by molar-refractivity contribution is 6.33. The highest BCUT2D eigenvalue weighted by Crippen LogP contribution is 2.51. The topological polar surface area (TPSA) is 58.6 Å². The molecule has 0 saturated heterocycles. The van der Waals surface area contributed by atoms with E-state index in [2.05, 4.69) is 5.32 Å². The molecule has 1 saturated carbocycles. The molecule has 4 nitrogen and oxygen atoms in total. The molecule has 1 aliphatic carbocycles. The van der Waals surface area contributed by atoms with Crippen LogP contribution in [0.15, 0.2) is 42.2 Å². The lowest BCUT2D eigenvalue weighted by molar-refractivity contribution is -0.282. The first-order valence-electron chi connectivity index (χ1n) is 10.4. The zero-order valence-corrected chi connectivity index (χ0v) is 18.7. The predicted molar refractivity (Wildman–Crippen MR) is 116 cm³/mol. The van der Waals surface area contributed by atoms with Crippen molar-refractivity contribution in [2.75, 3.05) is 7.11 Å². The van der Waals surface area contributed by atoms with Gasteiger partial charge in [-0.15, -0.1) is 0 Å². The molecule has 33 heavy (non-hydrogen) atoms. The number of rotatable bonds is 3. The average molecular weight is 484 g/mol. The van der Waals surface area contributed by atoms with Crippen molar-refractivity contribution >= 4 is 23.1 Å². The summed E-state index contributed by atoms with van der Waals surface area (Å²) in [4.78, 5) is 13.0. The fourth-order valence-corrected chi connectivity index (χ4v) is 5.01. The summed E-state index contributed by atoms with van der Waals surface area (Å²) < 4.78 is 61.3. The molecule has 4 rings (SSSR count). The molecule has 2 N–H and O–H groups in total. The summed E-state index contributed by atoms with van der Waals surface area (Å²) in [5, 5.41) is 13.9. The summed E-state index contributed by atoms with van der Waals surface area (Å²) in [6.07, 6.45) is -5.95. The molecule has 2 aliphatic rings. The average Bonchev–Trinajstić information content (AvgIpc) is 3.01. The van der Waals surface area contributed by atoms with Crippen molar-refractivity contribution in [2.24, 2.45) is 0 Å². The van der Waals surface area contributed by atoms with E-state index in [1.54, 1.807) is 30.3 Å². The number of aliphatic hydroxyl groups is 1. The quantitative estimate of drug-likeness (QED) is 0.517. The maximum atomic E-state index is 15.7. The van der Waals surface area contributed by atoms with E-state index < -0.39 is 47.6 Å². The molecule has 0 aromatic heterocycles. The first kappa shape index (κ1) is 23.6. The van der Waals surface area contributed by atoms with Crippen molar-refractivity contribution in [2.45, 2.75) is 49.9 Å². The molecule has 1 aliphatic heterocycles. The summed E-state index contributed by atoms with van der Waals surface area (Å²) in [5.74, 6) is -1.97. The van der Waals surface area contributed by atoms with Gasteiger partial charge in [0.15, 0.2) is 5.60 Å². The molecule has 2 aromatic rings. The molecular formula is C24H22ClF4NO3. The Kier molecular flexibility index (Phi) is 5.73. The number of nitrogens with one attached hydrogen (secondary N) is 1. The van der Waals surface area contributed by atoms with Gasteiger partial charge in [0, 0.05) is 23.3 Å². The Labute approximate surface area is 193 Å². The van der Waals surface area contributed by atoms with Crippen LogP contribution < -0.4 is 5.32 Å². The molecule has 1 heterocycles. The Morgan fingerprint density at radius 2 is 1.73 bits per heavy atom. The molecule has 0 bridgehead atoms. The van der Waals surface area contributed by atoms with Gasteiger partial charge in [0.1, 0.15) is 11.6 Å². The number of ether oxygens (including phenoxy) is 1. The van der Waals surface area contributed by atoms with Crippen LogP contribution in [0.3, 0.4) is 0 Å². The first-order valence-corrected chi connectivity index (χ1v) is 10.8. The largest absolute Gasteiger partial charge is 0.509 e. The molecule has 1 fully saturated rings. The standard InChI is InChI=1S/C24H22ClF4NO3/c1-13-16(25)12-15(14-6-4-3-5-7-14)19(26)17(13)18-20(31)22(30-21(18)32)8-10-23(33-2,11-9-22)24(27,28)29/h3-7,12,31H,8-11H2,1-2H3,(H,30,32). The predicted octanol–water partition coefficient (Wildman–Crippen LogP) is 6.11. The van der Waals surface area contributed by atoms with Crippen LogP contribution in [0.4, 0.5) is 17.6 Å². The minimum atomic E-state index is -4.60. The van der Waals surface area contributed by atoms with Gasteiger partial charge in [0.25, 0.3) is 5.91 Å². The molecule has 0 atom stereocenters. The first-order chi connectivity index (χ1) is 15.5. The summed E-state index contributed by atoms with van der Waals surface area (Å²) in [5.41, 5.74) is -3.32. The van der Waals surface area contributed by atoms with Gasteiger partial charge in [-0.2, -0.15) is 13.2 Å². The van der Waals surface area contributed by atoms with Crippen LogP contribution in [0, 0.1) is 12.7 Å². The second-order valence-corrected chi connectivity index (χ2v) is 8.95. The smallest absolute Gasteiger partial charge is 0.417 e. The van der Waals surface area contributed by atoms with E-state index in [0.29, 0.717) is 5.56 Å². The number of hydrogen-bond acceptors (Lipinski definition) is 3. The number of benzene rings is 2. The van der Waals surface area contributed by atoms with Crippen molar-refractivity contribution in [1.29, 1.82) is 0 Å². The van der Waals surface area contributed by atoms with Crippen molar-refractivity contribution in [3.63, 3.8) is 0 Å². The van der Waals surface area contributed by atoms with Gasteiger partial charge < -0.3 is 15.2 Å². The van der Waals surface area contributed by atoms with Gasteiger partial charge in [0.2, 0.25) is 0 Å². The monoisotopic (exact) mass is 483 g/mol. The van der Waals surface area contributed by atoms with E-state index in [1.807, 2.05) is 0 Å². The second-order valence-electron chi connectivity index (χ2n) is 8.54. The normalized spacial score (nSPS) is 25.6. The molecule has 0 unspecified atom stereocenters. The van der Waals surface area contributed by atoms with E-state index in [-0.39, 0.29) is 40.1 Å². The molecule has 2 aromatic carbocycles. The Morgan fingerprint density at radius 3 is 2.27 bits per heavy atom. The Balaban J connectivity index is 1.81. The zero-order chi connectivity index (χ0) is 24.2. The van der Waals surface area contributed by atoms with Crippen LogP contribution in [-0.4, -0.2) is 35.4 Å². The van der Waals surface area contributed by atoms with Crippen LogP contribution >= 0.6 is 11.6 Å². The molecule has 1 spiro atoms. The molecule has 176 valence electrons. The lowest BCUT2D eigenvalue weighted by Gasteiger charge is -2.44. The number of methoxy groups -OCH3 is 1. The lowest BCUT2D eigenvalue weighted by atomic mass is 9.72. The van der Waals surface area contributed by atoms with E-state index in [0.717, 1.165) is 7.11 Å². The summed E-state index contributed by atoms with van der Waals surface area (Å²) in [6.45, 7) is 1.52. The van der Waals surface area contributed by atoms with Crippen LogP contribution in [0.2, 0.25) is 5.02 Å². The maximum Gasteiger partial charge on any atom is 0.417 e. The lowest BCUT2D eigenvalue weighted by Crippen LogP contribution is -2.57. The minimum absolute atomic E-state index is 0.148. The number of halogens is 5. The molecule has 1 amide bonds. The van der Waals surface area contributed by atoms with Crippen LogP contribution in [0.1, 0.15) is 36.8 Å². The van der Waals surface area contributed by atoms with Gasteiger partial charge in [-0.05, 0) is 49.8 Å². The maximum absolute atomic E-state index is 15.7. The van der Waals surface area contributed by atoms with E-state index in [9.17, 15) is 23.1 Å². The number of carbonyl (C=O) groups excluding carboxylic acids is 1. The Bertz CT molecular complexity index is 1140. The van der Waals surface area contributed by atoms with Gasteiger partial charge >= 0.3 is 6.18 Å². The van der Waals surface area contributed by atoms with Gasteiger partial charge in [-0.3, -0.25) is 4.79 Å². The highest BCUT2D eigenvalue weighted by atomic mass is 35.5. The van der Waals surface area contributed by atoms with E-state index in [4.69, 9.17) is 16.3 Å². The number of aliphatic hydroxyl groups excluding tert-OH is 1. The molecule has 0 radical (unpaired) electrons. The molecular weight excluding hydrogens is 462 g/mol. The van der Waals surface area contributed by atoms with Crippen molar-refractivity contribution < 1.29 is 32.2 Å². The fraction of sp³-hybridized carbons (Fsp3) is 0.375. The van der Waals surface area contributed by atoms with E-state index in [1.165, 1.54) is 13.0 Å². The number of alkyl halides is 3. The van der Waals surface area contributed by atoms with Crippen molar-refractivity contribution in [3.05, 3.63) is 64.1 Å². The SMILES string of the molecule is COC1(C(F)(F)F)CCC2(CC1)NC(=O)C(c1c(C)c(Cl)cc(-c3ccccc3)c1F)=C2O. The number of amides is 1. The van der Waals surface area contributed by atoms with Gasteiger partial charge in [0.05, 0.1) is 11.1 Å². The van der Waals surface area contributed by atoms with Crippen molar-refractivity contribution in [1.82, 2.24) is 5.32 Å². The number of hydrogen-bond donors (Lipinski definition) is 2. The summed E-state index contributed by atoms with van der Waals surface area (Å²) >= 11 is 6.35. The van der Waals surface area contributed by atoms with Gasteiger partial charge in [-0.25, -0.2) is 4.39 Å². The van der Waals surface area contributed by atoms with E-state index >= 15 is 4.39 Å². The van der Waals surface area contributed by atoms with Gasteiger partial charge in [-0.1, -0.05) is 41.9 Å². The minimum Gasteiger partial charge on any atom is -0.509 e. The molecule has 9 heteroatoms. The van der Waals surface area contributed by atoms with Crippen LogP contribution in [-0.2, 0) is 9.53 Å². The van der Waals surface area contributed by atoms with Crippen LogP contribution in [0.25, 0.3) is 16.7 Å². The highest BCUT2D eigenvalue weighted by Gasteiger charge is 2.61. The summed E-state index contributed by atoms with van der Waals surface area (Å²) in [6, 6.07) is 10.0. The third kappa shape index (κ3) is 3.60. The van der Waals surface area contributed by atoms with Crippen molar-refractivity contribution in [3.8, 4) is 11.1 Å². The second kappa shape index (κ2) is 8.02. The zero-order valence-electron chi connectivity index (χ0n) is 17.9. The summed E-state index contributed by atoms with van der Waals surface area (Å²) in [7, 11) is 0.996. The Morgan fingerprint density at radius 1 is 1.12 bits per heavy atom. The third-order valence-electron chi connectivity index (χ3n) is 6.88. The van der Waals surface area contributed by atoms with Crippen LogP contribution in [0.5, 0.6) is 0 Å². The third-order valence-corrected chi connectivity index (χ3v) is 7.28. The number of carbonyl (C=O) groups is 1. The Hall–Kier alpha value is -2.58. The fourth-order valence-electron chi connectivity index (χ4n) is 4.81.